The van der Waals surface area contributed by atoms with Crippen molar-refractivity contribution in [2.75, 3.05) is 6.54 Å². The largest absolute Gasteiger partial charge is 0.330 e. The van der Waals surface area contributed by atoms with Gasteiger partial charge in [0.1, 0.15) is 0 Å². The summed E-state index contributed by atoms with van der Waals surface area (Å²) in [6, 6.07) is 0. The van der Waals surface area contributed by atoms with Gasteiger partial charge < -0.3 is 5.73 Å². The van der Waals surface area contributed by atoms with Crippen LogP contribution in [-0.2, 0) is 0 Å². The van der Waals surface area contributed by atoms with Crippen LogP contribution >= 0.6 is 27.3 Å². The van der Waals surface area contributed by atoms with Crippen LogP contribution in [0, 0.1) is 5.92 Å². The Hall–Kier alpha value is 0.140. The van der Waals surface area contributed by atoms with E-state index in [1.807, 2.05) is 0 Å². The standard InChI is InChI=1S/C9H12BrNS/c10-9-5-12-4-8(9)7-2-1-6(7)3-11/h4-7H,1-3,11H2. The minimum Gasteiger partial charge on any atom is -0.330 e. The molecule has 1 aliphatic rings. The summed E-state index contributed by atoms with van der Waals surface area (Å²) in [6.07, 6.45) is 2.63. The summed E-state index contributed by atoms with van der Waals surface area (Å²) >= 11 is 5.34. The summed E-state index contributed by atoms with van der Waals surface area (Å²) in [5.74, 6) is 1.46. The van der Waals surface area contributed by atoms with Crippen molar-refractivity contribution in [1.29, 1.82) is 0 Å². The fraction of sp³-hybridized carbons (Fsp3) is 0.556. The lowest BCUT2D eigenvalue weighted by Gasteiger charge is -2.35. The van der Waals surface area contributed by atoms with Crippen molar-refractivity contribution in [1.82, 2.24) is 0 Å². The van der Waals surface area contributed by atoms with Gasteiger partial charge in [0, 0.05) is 9.85 Å². The van der Waals surface area contributed by atoms with E-state index < -0.39 is 0 Å². The Morgan fingerprint density at radius 3 is 2.75 bits per heavy atom. The van der Waals surface area contributed by atoms with Crippen molar-refractivity contribution in [2.24, 2.45) is 11.7 Å². The molecule has 12 heavy (non-hydrogen) atoms. The highest BCUT2D eigenvalue weighted by Crippen LogP contribution is 2.45. The maximum absolute atomic E-state index is 5.67. The van der Waals surface area contributed by atoms with E-state index in [0.717, 1.165) is 18.4 Å². The van der Waals surface area contributed by atoms with Crippen LogP contribution in [0.5, 0.6) is 0 Å². The Balaban J connectivity index is 2.15. The Kier molecular flexibility index (Phi) is 2.53. The van der Waals surface area contributed by atoms with Gasteiger partial charge in [-0.15, -0.1) is 0 Å². The van der Waals surface area contributed by atoms with Crippen LogP contribution in [0.4, 0.5) is 0 Å². The van der Waals surface area contributed by atoms with Crippen LogP contribution in [0.3, 0.4) is 0 Å². The number of nitrogens with two attached hydrogens (primary N) is 1. The van der Waals surface area contributed by atoms with Crippen LogP contribution < -0.4 is 5.73 Å². The molecule has 0 bridgehead atoms. The van der Waals surface area contributed by atoms with E-state index in [1.165, 1.54) is 22.9 Å². The SMILES string of the molecule is NCC1CCC1c1cscc1Br. The van der Waals surface area contributed by atoms with Crippen LogP contribution in [0.25, 0.3) is 0 Å². The van der Waals surface area contributed by atoms with Crippen molar-refractivity contribution in [2.45, 2.75) is 18.8 Å². The molecule has 2 atom stereocenters. The lowest BCUT2D eigenvalue weighted by Crippen LogP contribution is -2.30. The second-order valence-corrected chi connectivity index (χ2v) is 4.95. The van der Waals surface area contributed by atoms with E-state index in [0.29, 0.717) is 0 Å². The topological polar surface area (TPSA) is 26.0 Å². The highest BCUT2D eigenvalue weighted by atomic mass is 79.9. The molecular formula is C9H12BrNS. The summed E-state index contributed by atoms with van der Waals surface area (Å²) in [6.45, 7) is 0.840. The Labute approximate surface area is 85.1 Å². The number of halogens is 1. The van der Waals surface area contributed by atoms with Gasteiger partial charge in [0.15, 0.2) is 0 Å². The molecule has 2 rings (SSSR count). The Morgan fingerprint density at radius 1 is 1.50 bits per heavy atom. The van der Waals surface area contributed by atoms with E-state index in [-0.39, 0.29) is 0 Å². The summed E-state index contributed by atoms with van der Waals surface area (Å²) in [4.78, 5) is 0. The molecule has 2 unspecified atom stereocenters. The fourth-order valence-electron chi connectivity index (χ4n) is 1.82. The van der Waals surface area contributed by atoms with Crippen LogP contribution in [0.1, 0.15) is 24.3 Å². The van der Waals surface area contributed by atoms with Crippen molar-refractivity contribution in [3.63, 3.8) is 0 Å². The quantitative estimate of drug-likeness (QED) is 0.852. The zero-order valence-corrected chi connectivity index (χ0v) is 9.20. The van der Waals surface area contributed by atoms with Gasteiger partial charge >= 0.3 is 0 Å². The molecule has 0 amide bonds. The van der Waals surface area contributed by atoms with Crippen molar-refractivity contribution in [3.05, 3.63) is 20.8 Å². The molecule has 0 saturated heterocycles. The number of hydrogen-bond donors (Lipinski definition) is 1. The molecule has 3 heteroatoms. The number of thiophene rings is 1. The highest BCUT2D eigenvalue weighted by molar-refractivity contribution is 9.10. The molecule has 1 aromatic rings. The maximum atomic E-state index is 5.67. The highest BCUT2D eigenvalue weighted by Gasteiger charge is 2.32. The predicted octanol–water partition coefficient (Wildman–Crippen LogP) is 2.96. The third-order valence-corrected chi connectivity index (χ3v) is 4.51. The molecule has 1 saturated carbocycles. The maximum Gasteiger partial charge on any atom is 0.0317 e. The first-order chi connectivity index (χ1) is 5.83. The molecule has 1 nitrogen and oxygen atoms in total. The molecule has 2 N–H and O–H groups in total. The molecule has 0 radical (unpaired) electrons. The van der Waals surface area contributed by atoms with Gasteiger partial charge in [-0.3, -0.25) is 0 Å². The zero-order valence-electron chi connectivity index (χ0n) is 6.79. The molecule has 1 heterocycles. The normalized spacial score (nSPS) is 28.5. The second-order valence-electron chi connectivity index (χ2n) is 3.35. The van der Waals surface area contributed by atoms with Crippen LogP contribution in [0.15, 0.2) is 15.2 Å². The smallest absolute Gasteiger partial charge is 0.0317 e. The monoisotopic (exact) mass is 245 g/mol. The van der Waals surface area contributed by atoms with Gasteiger partial charge in [0.25, 0.3) is 0 Å². The number of hydrogen-bond acceptors (Lipinski definition) is 2. The molecule has 66 valence electrons. The minimum absolute atomic E-state index is 0.732. The molecule has 0 aromatic carbocycles. The van der Waals surface area contributed by atoms with Gasteiger partial charge in [-0.2, -0.15) is 11.3 Å². The zero-order chi connectivity index (χ0) is 8.55. The average Bonchev–Trinajstić information content (AvgIpc) is 2.36. The Morgan fingerprint density at radius 2 is 2.33 bits per heavy atom. The first-order valence-electron chi connectivity index (χ1n) is 4.24. The molecule has 0 aliphatic heterocycles. The lowest BCUT2D eigenvalue weighted by molar-refractivity contribution is 0.263. The first-order valence-corrected chi connectivity index (χ1v) is 5.98. The van der Waals surface area contributed by atoms with Crippen LogP contribution in [-0.4, -0.2) is 6.54 Å². The first kappa shape index (κ1) is 8.73. The van der Waals surface area contributed by atoms with Gasteiger partial charge in [-0.1, -0.05) is 0 Å². The summed E-state index contributed by atoms with van der Waals surface area (Å²) < 4.78 is 1.27. The van der Waals surface area contributed by atoms with E-state index >= 15 is 0 Å². The van der Waals surface area contributed by atoms with Gasteiger partial charge in [-0.25, -0.2) is 0 Å². The average molecular weight is 246 g/mol. The summed E-state index contributed by atoms with van der Waals surface area (Å²) in [7, 11) is 0. The van der Waals surface area contributed by atoms with Gasteiger partial charge in [0.2, 0.25) is 0 Å². The van der Waals surface area contributed by atoms with Gasteiger partial charge in [0.05, 0.1) is 0 Å². The van der Waals surface area contributed by atoms with E-state index in [1.54, 1.807) is 11.3 Å². The molecule has 0 spiro atoms. The Bertz CT molecular complexity index is 269. The van der Waals surface area contributed by atoms with Crippen molar-refractivity contribution < 1.29 is 0 Å². The molecule has 1 aliphatic carbocycles. The second kappa shape index (κ2) is 3.48. The minimum atomic E-state index is 0.732. The predicted molar refractivity (Wildman–Crippen MR) is 56.5 cm³/mol. The fourth-order valence-corrected chi connectivity index (χ4v) is 3.47. The summed E-state index contributed by atoms with van der Waals surface area (Å²) in [5.41, 5.74) is 7.14. The van der Waals surface area contributed by atoms with Crippen LogP contribution in [0.2, 0.25) is 0 Å². The van der Waals surface area contributed by atoms with Crippen molar-refractivity contribution in [3.8, 4) is 0 Å². The summed E-state index contributed by atoms with van der Waals surface area (Å²) in [5, 5.41) is 4.40. The van der Waals surface area contributed by atoms with E-state index in [4.69, 9.17) is 5.73 Å². The third-order valence-electron chi connectivity index (χ3n) is 2.76. The van der Waals surface area contributed by atoms with E-state index in [9.17, 15) is 0 Å². The number of rotatable bonds is 2. The van der Waals surface area contributed by atoms with Crippen molar-refractivity contribution >= 4 is 27.3 Å². The lowest BCUT2D eigenvalue weighted by atomic mass is 9.71. The third kappa shape index (κ3) is 1.34. The van der Waals surface area contributed by atoms with E-state index in [2.05, 4.69) is 26.7 Å². The molecular weight excluding hydrogens is 234 g/mol. The molecule has 1 aromatic heterocycles. The van der Waals surface area contributed by atoms with Gasteiger partial charge in [-0.05, 0) is 58.1 Å². The molecule has 1 fully saturated rings.